The molecule has 1 aromatic rings. The summed E-state index contributed by atoms with van der Waals surface area (Å²) in [6.45, 7) is 5.82. The molecule has 4 nitrogen and oxygen atoms in total. The summed E-state index contributed by atoms with van der Waals surface area (Å²) in [7, 11) is -1.63. The maximum atomic E-state index is 11.9. The predicted octanol–water partition coefficient (Wildman–Crippen LogP) is 2.33. The Balaban J connectivity index is 2.89. The fourth-order valence-corrected chi connectivity index (χ4v) is 3.61. The molecule has 0 saturated heterocycles. The van der Waals surface area contributed by atoms with Crippen LogP contribution in [0.5, 0.6) is 0 Å². The van der Waals surface area contributed by atoms with Crippen molar-refractivity contribution in [2.75, 3.05) is 17.1 Å². The molecular formula is C10H18N2O2S2. The summed E-state index contributed by atoms with van der Waals surface area (Å²) in [6.07, 6.45) is 1.57. The van der Waals surface area contributed by atoms with Crippen LogP contribution in [0, 0.1) is 13.8 Å². The monoisotopic (exact) mass is 262 g/mol. The highest BCUT2D eigenvalue weighted by Gasteiger charge is 2.20. The van der Waals surface area contributed by atoms with Gasteiger partial charge in [-0.3, -0.25) is 0 Å². The van der Waals surface area contributed by atoms with Gasteiger partial charge in [0.2, 0.25) is 10.0 Å². The maximum Gasteiger partial charge on any atom is 0.236 e. The molecule has 16 heavy (non-hydrogen) atoms. The van der Waals surface area contributed by atoms with Crippen LogP contribution >= 0.6 is 11.3 Å². The third-order valence-electron chi connectivity index (χ3n) is 2.46. The second kappa shape index (κ2) is 5.14. The first-order valence-electron chi connectivity index (χ1n) is 5.29. The zero-order valence-corrected chi connectivity index (χ0v) is 11.8. The third kappa shape index (κ3) is 2.95. The molecule has 1 rings (SSSR count). The third-order valence-corrected chi connectivity index (χ3v) is 5.54. The van der Waals surface area contributed by atoms with Crippen LogP contribution in [0.2, 0.25) is 0 Å². The van der Waals surface area contributed by atoms with Gasteiger partial charge in [0.15, 0.2) is 5.13 Å². The Morgan fingerprint density at radius 1 is 1.38 bits per heavy atom. The number of hydrogen-bond donors (Lipinski definition) is 0. The minimum absolute atomic E-state index is 0.192. The minimum Gasteiger partial charge on any atom is -0.248 e. The number of anilines is 1. The van der Waals surface area contributed by atoms with Gasteiger partial charge < -0.3 is 0 Å². The molecule has 0 unspecified atom stereocenters. The van der Waals surface area contributed by atoms with Crippen molar-refractivity contribution in [1.82, 2.24) is 4.98 Å². The first-order valence-corrected chi connectivity index (χ1v) is 7.71. The molecule has 0 bridgehead atoms. The fraction of sp³-hybridized carbons (Fsp3) is 0.700. The lowest BCUT2D eigenvalue weighted by Gasteiger charge is -2.15. The van der Waals surface area contributed by atoms with Crippen molar-refractivity contribution < 1.29 is 8.42 Å². The molecule has 0 fully saturated rings. The molecule has 0 aromatic carbocycles. The first-order chi connectivity index (χ1) is 7.38. The topological polar surface area (TPSA) is 50.3 Å². The van der Waals surface area contributed by atoms with Gasteiger partial charge in [0.05, 0.1) is 11.4 Å². The van der Waals surface area contributed by atoms with E-state index in [2.05, 4.69) is 4.98 Å². The number of hydrogen-bond acceptors (Lipinski definition) is 4. The normalized spacial score (nSPS) is 11.8. The highest BCUT2D eigenvalue weighted by molar-refractivity contribution is 7.92. The van der Waals surface area contributed by atoms with Crippen molar-refractivity contribution in [3.05, 3.63) is 10.6 Å². The second-order valence-corrected chi connectivity index (χ2v) is 7.08. The van der Waals surface area contributed by atoms with E-state index in [1.165, 1.54) is 15.6 Å². The van der Waals surface area contributed by atoms with E-state index in [1.807, 2.05) is 20.8 Å². The van der Waals surface area contributed by atoms with E-state index >= 15 is 0 Å². The molecule has 6 heteroatoms. The fourth-order valence-electron chi connectivity index (χ4n) is 1.17. The van der Waals surface area contributed by atoms with Crippen LogP contribution < -0.4 is 4.31 Å². The second-order valence-electron chi connectivity index (χ2n) is 3.78. The van der Waals surface area contributed by atoms with Crippen LogP contribution in [-0.2, 0) is 10.0 Å². The lowest BCUT2D eigenvalue weighted by atomic mass is 10.4. The van der Waals surface area contributed by atoms with Crippen molar-refractivity contribution in [2.24, 2.45) is 0 Å². The number of unbranched alkanes of at least 4 members (excludes halogenated alkanes) is 1. The van der Waals surface area contributed by atoms with Crippen molar-refractivity contribution in [3.63, 3.8) is 0 Å². The van der Waals surface area contributed by atoms with Crippen LogP contribution in [0.25, 0.3) is 0 Å². The van der Waals surface area contributed by atoms with E-state index in [0.29, 0.717) is 11.6 Å². The van der Waals surface area contributed by atoms with Crippen molar-refractivity contribution in [2.45, 2.75) is 33.6 Å². The van der Waals surface area contributed by atoms with Crippen LogP contribution in [0.3, 0.4) is 0 Å². The molecule has 0 N–H and O–H groups in total. The Labute approximate surface area is 101 Å². The van der Waals surface area contributed by atoms with E-state index in [0.717, 1.165) is 17.0 Å². The van der Waals surface area contributed by atoms with E-state index in [9.17, 15) is 8.42 Å². The zero-order chi connectivity index (χ0) is 12.3. The molecule has 0 radical (unpaired) electrons. The summed E-state index contributed by atoms with van der Waals surface area (Å²) >= 11 is 1.42. The van der Waals surface area contributed by atoms with Crippen LogP contribution in [0.1, 0.15) is 30.3 Å². The largest absolute Gasteiger partial charge is 0.248 e. The summed E-state index contributed by atoms with van der Waals surface area (Å²) in [4.78, 5) is 5.31. The van der Waals surface area contributed by atoms with Gasteiger partial charge in [-0.25, -0.2) is 17.7 Å². The Hall–Kier alpha value is -0.620. The average Bonchev–Trinajstić information content (AvgIpc) is 2.55. The van der Waals surface area contributed by atoms with Crippen molar-refractivity contribution in [1.29, 1.82) is 0 Å². The summed E-state index contributed by atoms with van der Waals surface area (Å²) < 4.78 is 25.1. The summed E-state index contributed by atoms with van der Waals surface area (Å²) in [5.74, 6) is 0.192. The molecule has 0 saturated carbocycles. The average molecular weight is 262 g/mol. The van der Waals surface area contributed by atoms with Crippen molar-refractivity contribution in [3.8, 4) is 0 Å². The first kappa shape index (κ1) is 13.4. The molecule has 0 spiro atoms. The predicted molar refractivity (Wildman–Crippen MR) is 68.7 cm³/mol. The summed E-state index contributed by atoms with van der Waals surface area (Å²) in [5.41, 5.74) is 0.901. The number of rotatable bonds is 5. The summed E-state index contributed by atoms with van der Waals surface area (Å²) in [6, 6.07) is 0. The van der Waals surface area contributed by atoms with E-state index in [1.54, 1.807) is 7.05 Å². The molecule has 92 valence electrons. The van der Waals surface area contributed by atoms with Crippen LogP contribution in [-0.4, -0.2) is 26.2 Å². The SMILES string of the molecule is CCCCS(=O)(=O)N(C)c1nc(C)c(C)s1. The van der Waals surface area contributed by atoms with Gasteiger partial charge >= 0.3 is 0 Å². The lowest BCUT2D eigenvalue weighted by Crippen LogP contribution is -2.28. The Morgan fingerprint density at radius 2 is 2.00 bits per heavy atom. The quantitative estimate of drug-likeness (QED) is 0.818. The highest BCUT2D eigenvalue weighted by Crippen LogP contribution is 2.26. The molecule has 0 aliphatic carbocycles. The van der Waals surface area contributed by atoms with Gasteiger partial charge in [0.1, 0.15) is 0 Å². The highest BCUT2D eigenvalue weighted by atomic mass is 32.2. The van der Waals surface area contributed by atoms with Crippen LogP contribution in [0.4, 0.5) is 5.13 Å². The molecule has 1 heterocycles. The lowest BCUT2D eigenvalue weighted by molar-refractivity contribution is 0.591. The Morgan fingerprint density at radius 3 is 2.44 bits per heavy atom. The number of aryl methyl sites for hydroxylation is 2. The van der Waals surface area contributed by atoms with Gasteiger partial charge in [-0.05, 0) is 20.3 Å². The summed E-state index contributed by atoms with van der Waals surface area (Å²) in [5, 5.41) is 0.561. The molecule has 1 aromatic heterocycles. The molecule has 0 atom stereocenters. The standard InChI is InChI=1S/C10H18N2O2S2/c1-5-6-7-16(13,14)12(4)10-11-8(2)9(3)15-10/h5-7H2,1-4H3. The van der Waals surface area contributed by atoms with Crippen molar-refractivity contribution >= 4 is 26.5 Å². The smallest absolute Gasteiger partial charge is 0.236 e. The van der Waals surface area contributed by atoms with Gasteiger partial charge in [-0.2, -0.15) is 0 Å². The molecule has 0 aliphatic rings. The van der Waals surface area contributed by atoms with Crippen LogP contribution in [0.15, 0.2) is 0 Å². The van der Waals surface area contributed by atoms with Gasteiger partial charge in [-0.1, -0.05) is 13.3 Å². The zero-order valence-electron chi connectivity index (χ0n) is 10.1. The Kier molecular flexibility index (Phi) is 4.32. The molecule has 0 aliphatic heterocycles. The Bertz CT molecular complexity index is 432. The molecule has 0 amide bonds. The molecular weight excluding hydrogens is 244 g/mol. The van der Waals surface area contributed by atoms with E-state index < -0.39 is 10.0 Å². The maximum absolute atomic E-state index is 11.9. The van der Waals surface area contributed by atoms with Gasteiger partial charge in [0.25, 0.3) is 0 Å². The minimum atomic E-state index is -3.20. The van der Waals surface area contributed by atoms with E-state index in [-0.39, 0.29) is 5.75 Å². The number of thiazole rings is 1. The number of sulfonamides is 1. The van der Waals surface area contributed by atoms with Gasteiger partial charge in [0, 0.05) is 11.9 Å². The van der Waals surface area contributed by atoms with E-state index in [4.69, 9.17) is 0 Å². The number of nitrogens with zero attached hydrogens (tertiary/aromatic N) is 2. The number of aromatic nitrogens is 1. The van der Waals surface area contributed by atoms with Gasteiger partial charge in [-0.15, -0.1) is 11.3 Å².